The molecule has 0 aliphatic carbocycles. The van der Waals surface area contributed by atoms with Crippen molar-refractivity contribution < 1.29 is 0 Å². The molecule has 0 atom stereocenters. The van der Waals surface area contributed by atoms with E-state index in [9.17, 15) is 0 Å². The summed E-state index contributed by atoms with van der Waals surface area (Å²) in [7, 11) is -1.62. The maximum Gasteiger partial charge on any atom is 0.0779 e. The van der Waals surface area contributed by atoms with Gasteiger partial charge in [0.05, 0.1) is 8.07 Å². The summed E-state index contributed by atoms with van der Waals surface area (Å²) >= 11 is 24.2. The fourth-order valence-corrected chi connectivity index (χ4v) is 15.6. The lowest BCUT2D eigenvalue weighted by atomic mass is 9.84. The molecule has 5 heteroatoms. The minimum atomic E-state index is -1.62. The van der Waals surface area contributed by atoms with E-state index in [4.69, 9.17) is 34.8 Å². The van der Waals surface area contributed by atoms with E-state index >= 15 is 0 Å². The van der Waals surface area contributed by atoms with Crippen molar-refractivity contribution in [2.24, 2.45) is 0 Å². The van der Waals surface area contributed by atoms with Gasteiger partial charge in [0.1, 0.15) is 0 Å². The first-order chi connectivity index (χ1) is 38.7. The zero-order valence-corrected chi connectivity index (χ0v) is 56.8. The molecule has 0 aliphatic heterocycles. The first kappa shape index (κ1) is 66.3. The fourth-order valence-electron chi connectivity index (χ4n) is 12.3. The van der Waals surface area contributed by atoms with Gasteiger partial charge in [0.15, 0.2) is 0 Å². The van der Waals surface area contributed by atoms with Crippen LogP contribution in [0.2, 0.25) is 34.7 Å². The van der Waals surface area contributed by atoms with Crippen LogP contribution < -0.4 is 5.19 Å². The molecule has 0 N–H and O–H groups in total. The number of hydrogen-bond acceptors (Lipinski definition) is 0. The molecule has 0 bridgehead atoms. The average molecular weight is 1260 g/mol. The minimum absolute atomic E-state index is 0.797. The molecule has 0 saturated heterocycles. The summed E-state index contributed by atoms with van der Waals surface area (Å²) in [5, 5.41) is 4.07. The van der Waals surface area contributed by atoms with Crippen molar-refractivity contribution in [2.75, 3.05) is 0 Å². The molecule has 0 nitrogen and oxygen atoms in total. The summed E-state index contributed by atoms with van der Waals surface area (Å²) in [6, 6.07) is 36.2. The second-order valence-electron chi connectivity index (χ2n) is 24.7. The standard InChI is InChI=1S/C75H102Cl3ISi/c1-10-16-22-28-34-55-49-71(63-41-64(45-67(77)44-63)74-52-60(39-33-27-21-15-6)75(80(7,8)9)53-59(74)38-32-26-20-14-5)56(35-29-23-17-11-2)48-70(55)61-40-62(43-66(76)42-61)72-50-58(37-31-25-19-13-4)73(51-57(72)36-30-24-18-12-3)65-46-68(78)54-69(79)47-65/h40-54H,10-39H2,1-9H3. The quantitative estimate of drug-likeness (QED) is 0.0209. The molecule has 0 aliphatic rings. The summed E-state index contributed by atoms with van der Waals surface area (Å²) in [4.78, 5) is 0. The van der Waals surface area contributed by atoms with E-state index in [0.717, 1.165) is 72.9 Å². The highest BCUT2D eigenvalue weighted by atomic mass is 127. The Labute approximate surface area is 519 Å². The molecule has 0 heterocycles. The van der Waals surface area contributed by atoms with Crippen LogP contribution >= 0.6 is 57.4 Å². The molecule has 6 aromatic carbocycles. The highest BCUT2D eigenvalue weighted by Crippen LogP contribution is 2.43. The van der Waals surface area contributed by atoms with E-state index in [0.29, 0.717) is 0 Å². The molecule has 0 spiro atoms. The number of hydrogen-bond donors (Lipinski definition) is 0. The molecule has 80 heavy (non-hydrogen) atoms. The lowest BCUT2D eigenvalue weighted by molar-refractivity contribution is 0.664. The van der Waals surface area contributed by atoms with Crippen LogP contribution in [0.1, 0.15) is 229 Å². The van der Waals surface area contributed by atoms with Gasteiger partial charge in [-0.2, -0.15) is 0 Å². The monoisotopic (exact) mass is 1260 g/mol. The van der Waals surface area contributed by atoms with Gasteiger partial charge in [-0.3, -0.25) is 0 Å². The van der Waals surface area contributed by atoms with Crippen molar-refractivity contribution in [3.05, 3.63) is 143 Å². The van der Waals surface area contributed by atoms with Gasteiger partial charge in [-0.05, 0) is 243 Å². The van der Waals surface area contributed by atoms with Crippen LogP contribution in [0.15, 0.2) is 91.0 Å². The van der Waals surface area contributed by atoms with E-state index in [2.05, 4.69) is 175 Å². The topological polar surface area (TPSA) is 0 Å². The third kappa shape index (κ3) is 20.2. The molecule has 0 radical (unpaired) electrons. The molecule has 6 aromatic rings. The van der Waals surface area contributed by atoms with Crippen molar-refractivity contribution in [1.29, 1.82) is 0 Å². The number of benzene rings is 6. The predicted molar refractivity (Wildman–Crippen MR) is 371 cm³/mol. The Morgan fingerprint density at radius 2 is 0.512 bits per heavy atom. The first-order valence-corrected chi connectivity index (χ1v) is 38.0. The molecule has 0 amide bonds. The maximum atomic E-state index is 7.46. The summed E-state index contributed by atoms with van der Waals surface area (Å²) in [6.07, 6.45) is 36.0. The highest BCUT2D eigenvalue weighted by molar-refractivity contribution is 14.1. The van der Waals surface area contributed by atoms with Gasteiger partial charge in [-0.1, -0.05) is 253 Å². The van der Waals surface area contributed by atoms with E-state index in [1.807, 2.05) is 0 Å². The van der Waals surface area contributed by atoms with Crippen LogP contribution in [0.4, 0.5) is 0 Å². The smallest absolute Gasteiger partial charge is 0.0779 e. The van der Waals surface area contributed by atoms with Gasteiger partial charge in [0, 0.05) is 18.6 Å². The molecule has 434 valence electrons. The normalized spacial score (nSPS) is 11.8. The van der Waals surface area contributed by atoms with E-state index in [1.54, 1.807) is 10.8 Å². The third-order valence-electron chi connectivity index (χ3n) is 16.8. The van der Waals surface area contributed by atoms with Crippen LogP contribution in [-0.4, -0.2) is 8.07 Å². The van der Waals surface area contributed by atoms with Gasteiger partial charge in [-0.25, -0.2) is 0 Å². The van der Waals surface area contributed by atoms with Crippen molar-refractivity contribution in [1.82, 2.24) is 0 Å². The Kier molecular flexibility index (Phi) is 28.8. The zero-order chi connectivity index (χ0) is 57.4. The number of aryl methyl sites for hydroxylation is 6. The van der Waals surface area contributed by atoms with Crippen LogP contribution in [0, 0.1) is 3.57 Å². The minimum Gasteiger partial charge on any atom is -0.0843 e. The SMILES string of the molecule is CCCCCCc1cc(-c2cc(Cl)cc(-c3cc(CCCCCC)c(-c4cc(Cl)cc(-c5cc(CCCCCC)c([Si](C)(C)C)cc5CCCCCC)c4)cc3CCCCCC)c2)c(CCCCCC)cc1-c1cc(Cl)cc(I)c1. The Balaban J connectivity index is 1.57. The highest BCUT2D eigenvalue weighted by Gasteiger charge is 2.24. The Morgan fingerprint density at radius 1 is 0.275 bits per heavy atom. The van der Waals surface area contributed by atoms with Crippen molar-refractivity contribution in [3.63, 3.8) is 0 Å². The Hall–Kier alpha value is -2.86. The van der Waals surface area contributed by atoms with Gasteiger partial charge >= 0.3 is 0 Å². The van der Waals surface area contributed by atoms with Gasteiger partial charge in [-0.15, -0.1) is 0 Å². The number of halogens is 4. The van der Waals surface area contributed by atoms with Crippen LogP contribution in [-0.2, 0) is 38.5 Å². The van der Waals surface area contributed by atoms with Crippen LogP contribution in [0.5, 0.6) is 0 Å². The maximum absolute atomic E-state index is 7.46. The largest absolute Gasteiger partial charge is 0.0843 e. The van der Waals surface area contributed by atoms with Gasteiger partial charge in [0.25, 0.3) is 0 Å². The summed E-state index contributed by atoms with van der Waals surface area (Å²) in [5.41, 5.74) is 21.6. The summed E-state index contributed by atoms with van der Waals surface area (Å²) in [6.45, 7) is 21.5. The lowest BCUT2D eigenvalue weighted by Gasteiger charge is -2.25. The zero-order valence-electron chi connectivity index (χ0n) is 51.4. The van der Waals surface area contributed by atoms with Crippen LogP contribution in [0.25, 0.3) is 55.6 Å². The second kappa shape index (κ2) is 34.8. The summed E-state index contributed by atoms with van der Waals surface area (Å²) < 4.78 is 1.17. The molecule has 6 rings (SSSR count). The number of unbranched alkanes of at least 4 members (excludes halogenated alkanes) is 18. The first-order valence-electron chi connectivity index (χ1n) is 32.3. The van der Waals surface area contributed by atoms with Gasteiger partial charge < -0.3 is 0 Å². The van der Waals surface area contributed by atoms with E-state index < -0.39 is 8.07 Å². The molecular formula is C75H102Cl3ISi. The average Bonchev–Trinajstić information content (AvgIpc) is 3.48. The molecular weight excluding hydrogens is 1160 g/mol. The fraction of sp³-hybridized carbons (Fsp3) is 0.520. The molecule has 0 fully saturated rings. The van der Waals surface area contributed by atoms with E-state index in [-0.39, 0.29) is 0 Å². The van der Waals surface area contributed by atoms with Crippen molar-refractivity contribution in [3.8, 4) is 55.6 Å². The molecule has 0 unspecified atom stereocenters. The second-order valence-corrected chi connectivity index (χ2v) is 32.3. The number of rotatable bonds is 36. The van der Waals surface area contributed by atoms with Gasteiger partial charge in [0.2, 0.25) is 0 Å². The third-order valence-corrected chi connectivity index (χ3v) is 20.2. The molecule has 0 aromatic heterocycles. The Bertz CT molecular complexity index is 2830. The Morgan fingerprint density at radius 3 is 0.775 bits per heavy atom. The molecule has 0 saturated carbocycles. The summed E-state index contributed by atoms with van der Waals surface area (Å²) in [5.74, 6) is 0. The van der Waals surface area contributed by atoms with Crippen molar-refractivity contribution >= 4 is 70.7 Å². The van der Waals surface area contributed by atoms with Crippen molar-refractivity contribution in [2.45, 2.75) is 254 Å². The van der Waals surface area contributed by atoms with E-state index in [1.165, 1.54) is 222 Å². The lowest BCUT2D eigenvalue weighted by Crippen LogP contribution is -2.40. The van der Waals surface area contributed by atoms with Crippen LogP contribution in [0.3, 0.4) is 0 Å². The predicted octanol–water partition coefficient (Wildman–Crippen LogP) is 25.9.